The third-order valence-electron chi connectivity index (χ3n) is 3.26. The molecule has 2 atom stereocenters. The summed E-state index contributed by atoms with van der Waals surface area (Å²) in [4.78, 5) is 0. The first-order valence-electron chi connectivity index (χ1n) is 5.96. The smallest absolute Gasteiger partial charge is 0.126 e. The third-order valence-corrected chi connectivity index (χ3v) is 3.26. The first kappa shape index (κ1) is 14.0. The number of benzene rings is 1. The van der Waals surface area contributed by atoms with Crippen LogP contribution in [0.3, 0.4) is 0 Å². The lowest BCUT2D eigenvalue weighted by Gasteiger charge is -2.31. The van der Waals surface area contributed by atoms with Gasteiger partial charge in [-0.25, -0.2) is 4.39 Å². The first-order chi connectivity index (χ1) is 7.71. The van der Waals surface area contributed by atoms with E-state index < -0.39 is 5.82 Å². The topological polar surface area (TPSA) is 32.3 Å². The fraction of sp³-hybridized carbons (Fsp3) is 0.571. The van der Waals surface area contributed by atoms with E-state index >= 15 is 0 Å². The molecule has 3 heteroatoms. The molecule has 1 aromatic carbocycles. The van der Waals surface area contributed by atoms with Crippen LogP contribution in [0.1, 0.15) is 46.2 Å². The molecule has 0 spiro atoms. The highest BCUT2D eigenvalue weighted by atomic mass is 19.1. The summed E-state index contributed by atoms with van der Waals surface area (Å²) in [6.45, 7) is 10.5. The second-order valence-electron chi connectivity index (χ2n) is 5.68. The number of halogens is 1. The summed E-state index contributed by atoms with van der Waals surface area (Å²) in [7, 11) is 0. The van der Waals surface area contributed by atoms with Crippen molar-refractivity contribution in [2.75, 3.05) is 0 Å². The van der Waals surface area contributed by atoms with Gasteiger partial charge in [0.15, 0.2) is 0 Å². The van der Waals surface area contributed by atoms with Crippen molar-refractivity contribution < 1.29 is 9.50 Å². The Labute approximate surface area is 103 Å². The molecule has 2 N–H and O–H groups in total. The zero-order valence-corrected chi connectivity index (χ0v) is 11.2. The van der Waals surface area contributed by atoms with Crippen molar-refractivity contribution in [3.8, 4) is 5.75 Å². The number of phenolic OH excluding ortho intramolecular Hbond substituents is 1. The summed E-state index contributed by atoms with van der Waals surface area (Å²) in [5.74, 6) is -0.409. The Bertz CT molecular complexity index is 384. The quantitative estimate of drug-likeness (QED) is 0.844. The SMILES string of the molecule is CC(NC(C)C(C)(C)C)c1ccc(F)cc1O. The average molecular weight is 239 g/mol. The lowest BCUT2D eigenvalue weighted by molar-refractivity contribution is 0.266. The van der Waals surface area contributed by atoms with Crippen molar-refractivity contribution in [3.05, 3.63) is 29.6 Å². The van der Waals surface area contributed by atoms with Crippen LogP contribution in [-0.4, -0.2) is 11.1 Å². The van der Waals surface area contributed by atoms with Gasteiger partial charge in [0, 0.05) is 23.7 Å². The molecule has 17 heavy (non-hydrogen) atoms. The van der Waals surface area contributed by atoms with Crippen LogP contribution in [0.25, 0.3) is 0 Å². The molecule has 0 saturated carbocycles. The zero-order chi connectivity index (χ0) is 13.2. The summed E-state index contributed by atoms with van der Waals surface area (Å²) >= 11 is 0. The first-order valence-corrected chi connectivity index (χ1v) is 5.96. The van der Waals surface area contributed by atoms with Gasteiger partial charge in [-0.15, -0.1) is 0 Å². The Balaban J connectivity index is 2.80. The fourth-order valence-corrected chi connectivity index (χ4v) is 1.60. The van der Waals surface area contributed by atoms with Gasteiger partial charge in [0.2, 0.25) is 0 Å². The van der Waals surface area contributed by atoms with Crippen LogP contribution < -0.4 is 5.32 Å². The van der Waals surface area contributed by atoms with E-state index in [1.807, 2.05) is 6.92 Å². The number of hydrogen-bond acceptors (Lipinski definition) is 2. The molecule has 96 valence electrons. The van der Waals surface area contributed by atoms with Crippen molar-refractivity contribution in [3.63, 3.8) is 0 Å². The molecule has 0 aliphatic carbocycles. The summed E-state index contributed by atoms with van der Waals surface area (Å²) in [5, 5.41) is 13.1. The van der Waals surface area contributed by atoms with Gasteiger partial charge in [-0.1, -0.05) is 26.8 Å². The Morgan fingerprint density at radius 1 is 1.24 bits per heavy atom. The highest BCUT2D eigenvalue weighted by molar-refractivity contribution is 5.34. The molecule has 0 heterocycles. The van der Waals surface area contributed by atoms with Crippen molar-refractivity contribution in [1.29, 1.82) is 0 Å². The van der Waals surface area contributed by atoms with E-state index in [4.69, 9.17) is 0 Å². The lowest BCUT2D eigenvalue weighted by Crippen LogP contribution is -2.39. The monoisotopic (exact) mass is 239 g/mol. The average Bonchev–Trinajstić information content (AvgIpc) is 2.15. The van der Waals surface area contributed by atoms with Crippen LogP contribution in [0.4, 0.5) is 4.39 Å². The molecule has 2 nitrogen and oxygen atoms in total. The Hall–Kier alpha value is -1.09. The van der Waals surface area contributed by atoms with Gasteiger partial charge in [0.25, 0.3) is 0 Å². The molecule has 0 saturated heterocycles. The number of hydrogen-bond donors (Lipinski definition) is 2. The number of phenols is 1. The maximum absolute atomic E-state index is 12.9. The third kappa shape index (κ3) is 3.70. The number of nitrogens with one attached hydrogen (secondary N) is 1. The summed E-state index contributed by atoms with van der Waals surface area (Å²) < 4.78 is 12.9. The molecule has 0 bridgehead atoms. The Kier molecular flexibility index (Phi) is 4.15. The van der Waals surface area contributed by atoms with Crippen LogP contribution in [0.5, 0.6) is 5.75 Å². The number of rotatable bonds is 3. The number of aromatic hydroxyl groups is 1. The van der Waals surface area contributed by atoms with Gasteiger partial charge < -0.3 is 10.4 Å². The van der Waals surface area contributed by atoms with Crippen LogP contribution >= 0.6 is 0 Å². The van der Waals surface area contributed by atoms with Gasteiger partial charge in [-0.2, -0.15) is 0 Å². The minimum atomic E-state index is -0.415. The molecule has 0 aromatic heterocycles. The standard InChI is InChI=1S/C14H22FNO/c1-9(16-10(2)14(3,4)5)12-7-6-11(15)8-13(12)17/h6-10,16-17H,1-5H3. The van der Waals surface area contributed by atoms with Crippen molar-refractivity contribution in [2.45, 2.75) is 46.7 Å². The van der Waals surface area contributed by atoms with E-state index in [0.717, 1.165) is 11.6 Å². The molecule has 1 rings (SSSR count). The maximum atomic E-state index is 12.9. The van der Waals surface area contributed by atoms with E-state index in [2.05, 4.69) is 33.0 Å². The van der Waals surface area contributed by atoms with E-state index in [-0.39, 0.29) is 17.2 Å². The van der Waals surface area contributed by atoms with Gasteiger partial charge in [-0.3, -0.25) is 0 Å². The summed E-state index contributed by atoms with van der Waals surface area (Å²) in [5.41, 5.74) is 0.867. The van der Waals surface area contributed by atoms with Gasteiger partial charge in [0.1, 0.15) is 11.6 Å². The van der Waals surface area contributed by atoms with E-state index in [9.17, 15) is 9.50 Å². The zero-order valence-electron chi connectivity index (χ0n) is 11.2. The van der Waals surface area contributed by atoms with Crippen LogP contribution in [0.2, 0.25) is 0 Å². The van der Waals surface area contributed by atoms with Gasteiger partial charge in [-0.05, 0) is 25.3 Å². The van der Waals surface area contributed by atoms with E-state index in [0.29, 0.717) is 6.04 Å². The predicted octanol–water partition coefficient (Wildman–Crippen LogP) is 3.62. The lowest BCUT2D eigenvalue weighted by atomic mass is 9.87. The van der Waals surface area contributed by atoms with Crippen LogP contribution in [0, 0.1) is 11.2 Å². The molecule has 1 aromatic rings. The second-order valence-corrected chi connectivity index (χ2v) is 5.68. The highest BCUT2D eigenvalue weighted by Crippen LogP contribution is 2.27. The highest BCUT2D eigenvalue weighted by Gasteiger charge is 2.22. The molecule has 0 amide bonds. The van der Waals surface area contributed by atoms with Crippen molar-refractivity contribution >= 4 is 0 Å². The molecule has 0 aliphatic heterocycles. The van der Waals surface area contributed by atoms with Crippen molar-refractivity contribution in [2.24, 2.45) is 5.41 Å². The molecular formula is C14H22FNO. The molecule has 2 unspecified atom stereocenters. The normalized spacial score (nSPS) is 15.6. The van der Waals surface area contributed by atoms with Crippen LogP contribution in [0.15, 0.2) is 18.2 Å². The Morgan fingerprint density at radius 3 is 2.29 bits per heavy atom. The molecular weight excluding hydrogens is 217 g/mol. The maximum Gasteiger partial charge on any atom is 0.126 e. The minimum absolute atomic E-state index is 0.00566. The van der Waals surface area contributed by atoms with Crippen molar-refractivity contribution in [1.82, 2.24) is 5.32 Å². The fourth-order valence-electron chi connectivity index (χ4n) is 1.60. The van der Waals surface area contributed by atoms with Gasteiger partial charge in [0.05, 0.1) is 0 Å². The summed E-state index contributed by atoms with van der Waals surface area (Å²) in [6, 6.07) is 4.42. The Morgan fingerprint density at radius 2 is 1.82 bits per heavy atom. The van der Waals surface area contributed by atoms with E-state index in [1.54, 1.807) is 6.07 Å². The molecule has 0 aliphatic rings. The predicted molar refractivity (Wildman–Crippen MR) is 68.5 cm³/mol. The second kappa shape index (κ2) is 5.05. The summed E-state index contributed by atoms with van der Waals surface area (Å²) in [6.07, 6.45) is 0. The molecule has 0 fully saturated rings. The van der Waals surface area contributed by atoms with Crippen LogP contribution in [-0.2, 0) is 0 Å². The molecule has 0 radical (unpaired) electrons. The minimum Gasteiger partial charge on any atom is -0.508 e. The van der Waals surface area contributed by atoms with Gasteiger partial charge >= 0.3 is 0 Å². The largest absolute Gasteiger partial charge is 0.508 e. The van der Waals surface area contributed by atoms with E-state index in [1.165, 1.54) is 6.07 Å².